The normalized spacial score (nSPS) is 10.9. The Morgan fingerprint density at radius 2 is 2.22 bits per heavy atom. The highest BCUT2D eigenvalue weighted by atomic mass is 32.2. The molecule has 2 N–H and O–H groups in total. The van der Waals surface area contributed by atoms with Gasteiger partial charge in [0.15, 0.2) is 0 Å². The van der Waals surface area contributed by atoms with Crippen molar-refractivity contribution in [1.29, 1.82) is 0 Å². The van der Waals surface area contributed by atoms with Gasteiger partial charge in [0.2, 0.25) is 10.0 Å². The number of sulfonamides is 1. The maximum atomic E-state index is 11.7. The average molecular weight is 268 g/mol. The minimum absolute atomic E-state index is 0.0415. The monoisotopic (exact) mass is 268 g/mol. The number of aliphatic hydroxyl groups excluding tert-OH is 1. The second kappa shape index (κ2) is 6.38. The second-order valence-corrected chi connectivity index (χ2v) is 5.93. The third-order valence-corrected chi connectivity index (χ3v) is 3.51. The fourth-order valence-electron chi connectivity index (χ4n) is 1.35. The lowest BCUT2D eigenvalue weighted by Crippen LogP contribution is -2.20. The van der Waals surface area contributed by atoms with E-state index >= 15 is 0 Å². The molecule has 0 aliphatic carbocycles. The van der Waals surface area contributed by atoms with E-state index in [-0.39, 0.29) is 24.1 Å². The number of anilines is 1. The lowest BCUT2D eigenvalue weighted by molar-refractivity contribution is 0.350. The summed E-state index contributed by atoms with van der Waals surface area (Å²) in [4.78, 5) is 3.92. The molecule has 0 bridgehead atoms. The summed E-state index contributed by atoms with van der Waals surface area (Å²) in [6.45, 7) is 3.42. The number of rotatable bonds is 4. The minimum atomic E-state index is -3.38. The molecule has 0 spiro atoms. The van der Waals surface area contributed by atoms with E-state index in [9.17, 15) is 8.42 Å². The van der Waals surface area contributed by atoms with Crippen molar-refractivity contribution in [2.45, 2.75) is 13.8 Å². The van der Waals surface area contributed by atoms with Gasteiger partial charge in [-0.1, -0.05) is 25.7 Å². The summed E-state index contributed by atoms with van der Waals surface area (Å²) in [6, 6.07) is 3.17. The molecule has 0 aliphatic rings. The first-order chi connectivity index (χ1) is 8.43. The molecule has 0 saturated heterocycles. The maximum absolute atomic E-state index is 11.7. The molecular weight excluding hydrogens is 252 g/mol. The molecule has 6 heteroatoms. The molecule has 0 atom stereocenters. The van der Waals surface area contributed by atoms with Crippen LogP contribution in [0.15, 0.2) is 18.3 Å². The van der Waals surface area contributed by atoms with Crippen LogP contribution in [-0.4, -0.2) is 30.9 Å². The van der Waals surface area contributed by atoms with Gasteiger partial charge in [0.05, 0.1) is 5.75 Å². The van der Waals surface area contributed by atoms with E-state index in [0.717, 1.165) is 0 Å². The zero-order valence-electron chi connectivity index (χ0n) is 10.3. The van der Waals surface area contributed by atoms with E-state index in [2.05, 4.69) is 21.5 Å². The predicted octanol–water partition coefficient (Wildman–Crippen LogP) is 0.823. The third-order valence-electron chi connectivity index (χ3n) is 1.88. The standard InChI is InChI=1S/C12H16N2O3S/c1-10(2)9-18(16,17)14-12-8-11(4-3-7-15)5-6-13-12/h5-6,8,10,15H,7,9H2,1-2H3,(H,13,14). The van der Waals surface area contributed by atoms with Gasteiger partial charge in [0, 0.05) is 11.8 Å². The van der Waals surface area contributed by atoms with Crippen molar-refractivity contribution in [1.82, 2.24) is 4.98 Å². The highest BCUT2D eigenvalue weighted by Crippen LogP contribution is 2.09. The first-order valence-corrected chi connectivity index (χ1v) is 7.14. The Kier molecular flexibility index (Phi) is 5.13. The van der Waals surface area contributed by atoms with Gasteiger partial charge < -0.3 is 5.11 Å². The molecule has 1 rings (SSSR count). The quantitative estimate of drug-likeness (QED) is 0.792. The molecule has 0 fully saturated rings. The lowest BCUT2D eigenvalue weighted by Gasteiger charge is -2.09. The molecule has 5 nitrogen and oxygen atoms in total. The first-order valence-electron chi connectivity index (χ1n) is 5.49. The highest BCUT2D eigenvalue weighted by Gasteiger charge is 2.13. The van der Waals surface area contributed by atoms with E-state index in [1.165, 1.54) is 12.3 Å². The Morgan fingerprint density at radius 3 is 2.83 bits per heavy atom. The third kappa shape index (κ3) is 5.17. The zero-order valence-corrected chi connectivity index (χ0v) is 11.2. The van der Waals surface area contributed by atoms with E-state index in [1.54, 1.807) is 6.07 Å². The van der Waals surface area contributed by atoms with Crippen molar-refractivity contribution >= 4 is 15.8 Å². The van der Waals surface area contributed by atoms with Crippen LogP contribution in [0.25, 0.3) is 0 Å². The molecule has 18 heavy (non-hydrogen) atoms. The smallest absolute Gasteiger partial charge is 0.234 e. The molecule has 1 heterocycles. The number of aliphatic hydroxyl groups is 1. The number of nitrogens with one attached hydrogen (secondary N) is 1. The van der Waals surface area contributed by atoms with Crippen LogP contribution in [-0.2, 0) is 10.0 Å². The second-order valence-electron chi connectivity index (χ2n) is 4.17. The maximum Gasteiger partial charge on any atom is 0.234 e. The van der Waals surface area contributed by atoms with E-state index in [1.807, 2.05) is 13.8 Å². The summed E-state index contributed by atoms with van der Waals surface area (Å²) in [5.74, 6) is 5.49. The van der Waals surface area contributed by atoms with Crippen molar-refractivity contribution in [3.05, 3.63) is 23.9 Å². The Balaban J connectivity index is 2.85. The zero-order chi connectivity index (χ0) is 13.6. The molecular formula is C12H16N2O3S. The van der Waals surface area contributed by atoms with Crippen molar-refractivity contribution in [2.75, 3.05) is 17.1 Å². The first kappa shape index (κ1) is 14.5. The summed E-state index contributed by atoms with van der Waals surface area (Å²) in [7, 11) is -3.38. The Bertz CT molecular complexity index is 556. The largest absolute Gasteiger partial charge is 0.384 e. The topological polar surface area (TPSA) is 79.3 Å². The number of hydrogen-bond donors (Lipinski definition) is 2. The Hall–Kier alpha value is -1.58. The van der Waals surface area contributed by atoms with Gasteiger partial charge in [-0.3, -0.25) is 4.72 Å². The van der Waals surface area contributed by atoms with Gasteiger partial charge in [0.25, 0.3) is 0 Å². The van der Waals surface area contributed by atoms with Crippen LogP contribution in [0.3, 0.4) is 0 Å². The number of aromatic nitrogens is 1. The van der Waals surface area contributed by atoms with Crippen molar-refractivity contribution in [2.24, 2.45) is 5.92 Å². The summed E-state index contributed by atoms with van der Waals surface area (Å²) >= 11 is 0. The molecule has 1 aromatic heterocycles. The molecule has 0 aromatic carbocycles. The van der Waals surface area contributed by atoms with Crippen molar-refractivity contribution < 1.29 is 13.5 Å². The van der Waals surface area contributed by atoms with Crippen molar-refractivity contribution in [3.8, 4) is 11.8 Å². The van der Waals surface area contributed by atoms with Crippen LogP contribution in [0.1, 0.15) is 19.4 Å². The number of nitrogens with zero attached hydrogens (tertiary/aromatic N) is 1. The van der Waals surface area contributed by atoms with Crippen molar-refractivity contribution in [3.63, 3.8) is 0 Å². The minimum Gasteiger partial charge on any atom is -0.384 e. The molecule has 1 aromatic rings. The molecule has 98 valence electrons. The number of hydrogen-bond acceptors (Lipinski definition) is 4. The SMILES string of the molecule is CC(C)CS(=O)(=O)Nc1cc(C#CCO)ccn1. The molecule has 0 radical (unpaired) electrons. The summed E-state index contributed by atoms with van der Waals surface area (Å²) in [6.07, 6.45) is 1.47. The predicted molar refractivity (Wildman–Crippen MR) is 70.4 cm³/mol. The molecule has 0 saturated carbocycles. The molecule has 0 unspecified atom stereocenters. The number of pyridine rings is 1. The van der Waals surface area contributed by atoms with Crippen LogP contribution in [0.4, 0.5) is 5.82 Å². The van der Waals surface area contributed by atoms with E-state index in [0.29, 0.717) is 5.56 Å². The van der Waals surface area contributed by atoms with Gasteiger partial charge in [-0.05, 0) is 18.1 Å². The van der Waals surface area contributed by atoms with Crippen LogP contribution < -0.4 is 4.72 Å². The summed E-state index contributed by atoms with van der Waals surface area (Å²) in [5.41, 5.74) is 0.598. The van der Waals surface area contributed by atoms with Crippen LogP contribution >= 0.6 is 0 Å². The van der Waals surface area contributed by atoms with Gasteiger partial charge >= 0.3 is 0 Å². The highest BCUT2D eigenvalue weighted by molar-refractivity contribution is 7.92. The van der Waals surface area contributed by atoms with E-state index < -0.39 is 10.0 Å². The lowest BCUT2D eigenvalue weighted by atomic mass is 10.2. The fourth-order valence-corrected chi connectivity index (χ4v) is 2.74. The molecule has 0 amide bonds. The fraction of sp³-hybridized carbons (Fsp3) is 0.417. The van der Waals surface area contributed by atoms with Crippen LogP contribution in [0, 0.1) is 17.8 Å². The summed E-state index contributed by atoms with van der Waals surface area (Å²) in [5, 5.41) is 8.58. The van der Waals surface area contributed by atoms with Gasteiger partial charge in [-0.25, -0.2) is 13.4 Å². The van der Waals surface area contributed by atoms with Crippen LogP contribution in [0.5, 0.6) is 0 Å². The molecule has 0 aliphatic heterocycles. The van der Waals surface area contributed by atoms with E-state index in [4.69, 9.17) is 5.11 Å². The average Bonchev–Trinajstić information content (AvgIpc) is 2.24. The van der Waals surface area contributed by atoms with Gasteiger partial charge in [0.1, 0.15) is 12.4 Å². The summed E-state index contributed by atoms with van der Waals surface area (Å²) < 4.78 is 25.8. The Morgan fingerprint density at radius 1 is 1.50 bits per heavy atom. The van der Waals surface area contributed by atoms with Crippen LogP contribution in [0.2, 0.25) is 0 Å². The van der Waals surface area contributed by atoms with Gasteiger partial charge in [-0.15, -0.1) is 0 Å². The van der Waals surface area contributed by atoms with Gasteiger partial charge in [-0.2, -0.15) is 0 Å². The Labute approximate surface area is 107 Å².